The fourth-order valence-electron chi connectivity index (χ4n) is 3.64. The summed E-state index contributed by atoms with van der Waals surface area (Å²) in [6.07, 6.45) is -1.12. The molecule has 0 aliphatic rings. The van der Waals surface area contributed by atoms with Gasteiger partial charge in [0.15, 0.2) is 0 Å². The molecular formula is C29H25NO4. The number of hydrogen-bond donors (Lipinski definition) is 1. The van der Waals surface area contributed by atoms with Gasteiger partial charge in [0, 0.05) is 11.3 Å². The third-order valence-corrected chi connectivity index (χ3v) is 5.10. The number of anilines is 1. The molecule has 0 fully saturated rings. The minimum absolute atomic E-state index is 0.286. The van der Waals surface area contributed by atoms with E-state index in [1.54, 1.807) is 48.5 Å². The monoisotopic (exact) mass is 451 g/mol. The molecule has 0 unspecified atom stereocenters. The quantitative estimate of drug-likeness (QED) is 0.320. The summed E-state index contributed by atoms with van der Waals surface area (Å²) >= 11 is 0. The van der Waals surface area contributed by atoms with Crippen molar-refractivity contribution in [1.29, 1.82) is 0 Å². The Morgan fingerprint density at radius 3 is 2.00 bits per heavy atom. The van der Waals surface area contributed by atoms with Gasteiger partial charge in [-0.1, -0.05) is 60.7 Å². The summed E-state index contributed by atoms with van der Waals surface area (Å²) in [5, 5.41) is 2.88. The molecule has 5 heteroatoms. The van der Waals surface area contributed by atoms with Crippen molar-refractivity contribution in [2.24, 2.45) is 0 Å². The van der Waals surface area contributed by atoms with Crippen LogP contribution in [0.1, 0.15) is 33.2 Å². The molecule has 0 saturated carbocycles. The average molecular weight is 452 g/mol. The van der Waals surface area contributed by atoms with E-state index < -0.39 is 18.0 Å². The van der Waals surface area contributed by atoms with Gasteiger partial charge in [0.1, 0.15) is 11.5 Å². The maximum Gasteiger partial charge on any atom is 0.339 e. The Labute approximate surface area is 199 Å². The van der Waals surface area contributed by atoms with E-state index >= 15 is 0 Å². The number of para-hydroxylation sites is 1. The predicted octanol–water partition coefficient (Wildman–Crippen LogP) is 6.63. The van der Waals surface area contributed by atoms with Crippen molar-refractivity contribution in [2.45, 2.75) is 20.0 Å². The highest BCUT2D eigenvalue weighted by Crippen LogP contribution is 2.25. The Morgan fingerprint density at radius 1 is 0.706 bits per heavy atom. The van der Waals surface area contributed by atoms with Crippen LogP contribution in [0.3, 0.4) is 0 Å². The number of nitrogens with one attached hydrogen (secondary N) is 1. The molecule has 1 N–H and O–H groups in total. The van der Waals surface area contributed by atoms with E-state index in [9.17, 15) is 9.59 Å². The predicted molar refractivity (Wildman–Crippen MR) is 132 cm³/mol. The molecule has 0 radical (unpaired) electrons. The van der Waals surface area contributed by atoms with Crippen molar-refractivity contribution in [1.82, 2.24) is 0 Å². The number of carbonyl (C=O) groups excluding carboxylic acids is 2. The molecule has 1 atom stereocenters. The highest BCUT2D eigenvalue weighted by Gasteiger charge is 2.26. The molecule has 170 valence electrons. The summed E-state index contributed by atoms with van der Waals surface area (Å²) in [6.45, 7) is 3.92. The minimum atomic E-state index is -1.12. The highest BCUT2D eigenvalue weighted by molar-refractivity contribution is 5.98. The first-order valence-corrected chi connectivity index (χ1v) is 11.0. The number of aryl methyl sites for hydroxylation is 2. The third-order valence-electron chi connectivity index (χ3n) is 5.10. The molecule has 1 amide bonds. The molecule has 4 aromatic rings. The molecule has 0 heterocycles. The second kappa shape index (κ2) is 10.5. The Hall–Kier alpha value is -4.38. The number of esters is 1. The standard InChI is InChI=1S/C29H25NO4/c1-20-16-21(2)18-24(17-20)30-28(31)27(22-10-5-3-6-11-22)34-29(32)23-12-9-15-26(19-23)33-25-13-7-4-8-14-25/h3-19,27H,1-2H3,(H,30,31)/t27-/m0/s1. The van der Waals surface area contributed by atoms with E-state index in [1.807, 2.05) is 68.4 Å². The summed E-state index contributed by atoms with van der Waals surface area (Å²) in [6, 6.07) is 30.7. The van der Waals surface area contributed by atoms with Crippen molar-refractivity contribution >= 4 is 17.6 Å². The first-order chi connectivity index (χ1) is 16.5. The van der Waals surface area contributed by atoms with Crippen molar-refractivity contribution in [2.75, 3.05) is 5.32 Å². The summed E-state index contributed by atoms with van der Waals surface area (Å²) in [5.41, 5.74) is 3.57. The lowest BCUT2D eigenvalue weighted by molar-refractivity contribution is -0.125. The van der Waals surface area contributed by atoms with Gasteiger partial charge in [0.05, 0.1) is 5.56 Å². The Kier molecular flexibility index (Phi) is 7.04. The molecule has 0 bridgehead atoms. The van der Waals surface area contributed by atoms with E-state index in [1.165, 1.54) is 0 Å². The van der Waals surface area contributed by atoms with Crippen LogP contribution >= 0.6 is 0 Å². The van der Waals surface area contributed by atoms with Gasteiger partial charge in [-0.2, -0.15) is 0 Å². The second-order valence-corrected chi connectivity index (χ2v) is 8.00. The maximum atomic E-state index is 13.2. The lowest BCUT2D eigenvalue weighted by Crippen LogP contribution is -2.26. The van der Waals surface area contributed by atoms with Crippen LogP contribution in [-0.4, -0.2) is 11.9 Å². The zero-order valence-electron chi connectivity index (χ0n) is 19.0. The van der Waals surface area contributed by atoms with Crippen LogP contribution in [0.2, 0.25) is 0 Å². The SMILES string of the molecule is Cc1cc(C)cc(NC(=O)[C@@H](OC(=O)c2cccc(Oc3ccccc3)c2)c2ccccc2)c1. The number of rotatable bonds is 7. The van der Waals surface area contributed by atoms with Crippen molar-refractivity contribution < 1.29 is 19.1 Å². The lowest BCUT2D eigenvalue weighted by atomic mass is 10.1. The van der Waals surface area contributed by atoms with E-state index in [2.05, 4.69) is 5.32 Å². The van der Waals surface area contributed by atoms with Crippen LogP contribution in [0.4, 0.5) is 5.69 Å². The van der Waals surface area contributed by atoms with Crippen LogP contribution in [0.15, 0.2) is 103 Å². The lowest BCUT2D eigenvalue weighted by Gasteiger charge is -2.19. The van der Waals surface area contributed by atoms with E-state index in [0.717, 1.165) is 11.1 Å². The van der Waals surface area contributed by atoms with E-state index in [4.69, 9.17) is 9.47 Å². The van der Waals surface area contributed by atoms with Gasteiger partial charge in [0.2, 0.25) is 6.10 Å². The summed E-state index contributed by atoms with van der Waals surface area (Å²) in [7, 11) is 0. The van der Waals surface area contributed by atoms with Crippen LogP contribution in [-0.2, 0) is 9.53 Å². The van der Waals surface area contributed by atoms with Gasteiger partial charge in [-0.3, -0.25) is 4.79 Å². The van der Waals surface area contributed by atoms with Gasteiger partial charge in [-0.05, 0) is 67.4 Å². The summed E-state index contributed by atoms with van der Waals surface area (Å²) in [5.74, 6) is 0.101. The van der Waals surface area contributed by atoms with Crippen molar-refractivity contribution in [3.63, 3.8) is 0 Å². The van der Waals surface area contributed by atoms with Gasteiger partial charge in [-0.15, -0.1) is 0 Å². The second-order valence-electron chi connectivity index (χ2n) is 8.00. The number of benzene rings is 4. The molecule has 5 nitrogen and oxygen atoms in total. The Balaban J connectivity index is 1.55. The van der Waals surface area contributed by atoms with Crippen LogP contribution < -0.4 is 10.1 Å². The number of hydrogen-bond acceptors (Lipinski definition) is 4. The van der Waals surface area contributed by atoms with Crippen molar-refractivity contribution in [3.8, 4) is 11.5 Å². The number of carbonyl (C=O) groups is 2. The molecule has 34 heavy (non-hydrogen) atoms. The van der Waals surface area contributed by atoms with E-state index in [-0.39, 0.29) is 5.56 Å². The number of ether oxygens (including phenoxy) is 2. The van der Waals surface area contributed by atoms with Gasteiger partial charge < -0.3 is 14.8 Å². The Bertz CT molecular complexity index is 1270. The molecule has 0 spiro atoms. The topological polar surface area (TPSA) is 64.6 Å². The zero-order valence-corrected chi connectivity index (χ0v) is 19.0. The maximum absolute atomic E-state index is 13.2. The Morgan fingerprint density at radius 2 is 1.32 bits per heavy atom. The van der Waals surface area contributed by atoms with Crippen molar-refractivity contribution in [3.05, 3.63) is 125 Å². The van der Waals surface area contributed by atoms with Crippen LogP contribution in [0.25, 0.3) is 0 Å². The summed E-state index contributed by atoms with van der Waals surface area (Å²) < 4.78 is 11.5. The van der Waals surface area contributed by atoms with Gasteiger partial charge in [0.25, 0.3) is 5.91 Å². The van der Waals surface area contributed by atoms with E-state index in [0.29, 0.717) is 22.7 Å². The first-order valence-electron chi connectivity index (χ1n) is 11.0. The van der Waals surface area contributed by atoms with Gasteiger partial charge in [-0.25, -0.2) is 4.79 Å². The van der Waals surface area contributed by atoms with Crippen LogP contribution in [0.5, 0.6) is 11.5 Å². The zero-order chi connectivity index (χ0) is 23.9. The third kappa shape index (κ3) is 5.90. The fraction of sp³-hybridized carbons (Fsp3) is 0.103. The smallest absolute Gasteiger partial charge is 0.339 e. The summed E-state index contributed by atoms with van der Waals surface area (Å²) in [4.78, 5) is 26.2. The van der Waals surface area contributed by atoms with Gasteiger partial charge >= 0.3 is 5.97 Å². The largest absolute Gasteiger partial charge is 0.457 e. The molecule has 0 aliphatic carbocycles. The average Bonchev–Trinajstić information content (AvgIpc) is 2.83. The molecular weight excluding hydrogens is 426 g/mol. The fourth-order valence-corrected chi connectivity index (χ4v) is 3.64. The minimum Gasteiger partial charge on any atom is -0.457 e. The molecule has 0 aliphatic heterocycles. The molecule has 0 saturated heterocycles. The van der Waals surface area contributed by atoms with Crippen LogP contribution in [0, 0.1) is 13.8 Å². The number of amides is 1. The highest BCUT2D eigenvalue weighted by atomic mass is 16.5. The molecule has 4 aromatic carbocycles. The normalized spacial score (nSPS) is 11.4. The molecule has 0 aromatic heterocycles. The molecule has 4 rings (SSSR count). The first kappa shape index (κ1) is 22.8.